The normalized spacial score (nSPS) is 14.7. The lowest BCUT2D eigenvalue weighted by atomic mass is 10.1. The van der Waals surface area contributed by atoms with Crippen molar-refractivity contribution in [1.82, 2.24) is 5.16 Å². The van der Waals surface area contributed by atoms with E-state index in [0.717, 1.165) is 0 Å². The van der Waals surface area contributed by atoms with Crippen LogP contribution in [0.2, 0.25) is 0 Å². The van der Waals surface area contributed by atoms with Crippen LogP contribution < -0.4 is 4.90 Å². The van der Waals surface area contributed by atoms with Gasteiger partial charge in [0, 0.05) is 19.2 Å². The smallest absolute Gasteiger partial charge is 0.338 e. The van der Waals surface area contributed by atoms with Gasteiger partial charge in [-0.3, -0.25) is 20.2 Å². The molecule has 0 amide bonds. The van der Waals surface area contributed by atoms with Crippen LogP contribution in [0.4, 0.5) is 17.1 Å². The van der Waals surface area contributed by atoms with Crippen LogP contribution in [-0.4, -0.2) is 41.3 Å². The zero-order chi connectivity index (χ0) is 18.7. The zero-order valence-corrected chi connectivity index (χ0v) is 14.0. The molecule has 0 aliphatic carbocycles. The van der Waals surface area contributed by atoms with E-state index in [4.69, 9.17) is 9.26 Å². The zero-order valence-electron chi connectivity index (χ0n) is 14.0. The number of hydrogen-bond acceptors (Lipinski definition) is 8. The van der Waals surface area contributed by atoms with Crippen molar-refractivity contribution in [2.75, 3.05) is 31.2 Å². The summed E-state index contributed by atoms with van der Waals surface area (Å²) in [6.07, 6.45) is 2.90. The van der Waals surface area contributed by atoms with E-state index in [1.54, 1.807) is 12.1 Å². The number of nitro groups is 2. The minimum absolute atomic E-state index is 0.00703. The maximum absolute atomic E-state index is 11.4. The maximum atomic E-state index is 11.4. The van der Waals surface area contributed by atoms with Crippen molar-refractivity contribution in [3.05, 3.63) is 55.4 Å². The molecule has 0 N–H and O–H groups in total. The molecule has 26 heavy (non-hydrogen) atoms. The van der Waals surface area contributed by atoms with Crippen LogP contribution in [0, 0.1) is 27.2 Å². The quantitative estimate of drug-likeness (QED) is 0.588. The largest absolute Gasteiger partial charge is 0.378 e. The summed E-state index contributed by atoms with van der Waals surface area (Å²) in [4.78, 5) is 23.4. The Balaban J connectivity index is 1.90. The van der Waals surface area contributed by atoms with Crippen LogP contribution >= 0.6 is 0 Å². The van der Waals surface area contributed by atoms with E-state index < -0.39 is 9.85 Å². The van der Waals surface area contributed by atoms with Gasteiger partial charge >= 0.3 is 5.69 Å². The highest BCUT2D eigenvalue weighted by molar-refractivity contribution is 5.75. The maximum Gasteiger partial charge on any atom is 0.338 e. The minimum atomic E-state index is -0.574. The van der Waals surface area contributed by atoms with Gasteiger partial charge in [0.2, 0.25) is 5.76 Å². The van der Waals surface area contributed by atoms with Gasteiger partial charge in [-0.2, -0.15) is 0 Å². The van der Waals surface area contributed by atoms with E-state index in [2.05, 4.69) is 5.16 Å². The Morgan fingerprint density at radius 2 is 1.88 bits per heavy atom. The van der Waals surface area contributed by atoms with Crippen molar-refractivity contribution >= 4 is 29.2 Å². The number of benzene rings is 1. The molecule has 1 aromatic heterocycles. The van der Waals surface area contributed by atoms with Gasteiger partial charge in [0.15, 0.2) is 5.69 Å². The van der Waals surface area contributed by atoms with E-state index in [0.29, 0.717) is 37.6 Å². The highest BCUT2D eigenvalue weighted by atomic mass is 16.6. The van der Waals surface area contributed by atoms with Crippen molar-refractivity contribution in [1.29, 1.82) is 0 Å². The molecule has 0 saturated carbocycles. The van der Waals surface area contributed by atoms with Crippen LogP contribution in [0.25, 0.3) is 12.2 Å². The molecule has 3 rings (SSSR count). The second kappa shape index (κ2) is 7.31. The third-order valence-corrected chi connectivity index (χ3v) is 4.01. The van der Waals surface area contributed by atoms with Crippen molar-refractivity contribution in [2.45, 2.75) is 6.92 Å². The second-order valence-electron chi connectivity index (χ2n) is 5.68. The number of rotatable bonds is 5. The van der Waals surface area contributed by atoms with Crippen molar-refractivity contribution < 1.29 is 19.1 Å². The second-order valence-corrected chi connectivity index (χ2v) is 5.68. The molecule has 136 valence electrons. The molecule has 2 aromatic rings. The fraction of sp³-hybridized carbons (Fsp3) is 0.312. The Morgan fingerprint density at radius 1 is 1.15 bits per heavy atom. The summed E-state index contributed by atoms with van der Waals surface area (Å²) in [6, 6.07) is 4.81. The monoisotopic (exact) mass is 360 g/mol. The highest BCUT2D eigenvalue weighted by Crippen LogP contribution is 2.31. The van der Waals surface area contributed by atoms with Crippen molar-refractivity contribution in [3.63, 3.8) is 0 Å². The summed E-state index contributed by atoms with van der Waals surface area (Å²) in [5.41, 5.74) is 0.968. The lowest BCUT2D eigenvalue weighted by Gasteiger charge is -2.28. The lowest BCUT2D eigenvalue weighted by Crippen LogP contribution is -2.36. The fourth-order valence-corrected chi connectivity index (χ4v) is 2.75. The van der Waals surface area contributed by atoms with Gasteiger partial charge in [0.05, 0.1) is 23.1 Å². The number of anilines is 1. The van der Waals surface area contributed by atoms with Gasteiger partial charge in [-0.15, -0.1) is 0 Å². The highest BCUT2D eigenvalue weighted by Gasteiger charge is 2.23. The van der Waals surface area contributed by atoms with Gasteiger partial charge in [-0.25, -0.2) is 0 Å². The molecule has 0 atom stereocenters. The molecule has 10 heteroatoms. The molecule has 0 spiro atoms. The molecule has 1 saturated heterocycles. The van der Waals surface area contributed by atoms with Crippen LogP contribution in [-0.2, 0) is 4.74 Å². The molecule has 1 aromatic carbocycles. The SMILES string of the molecule is Cc1noc(/C=C/c2ccc(N3CCOCC3)c([N+](=O)[O-])c2)c1[N+](=O)[O-]. The molecular formula is C16H16N4O6. The first-order chi connectivity index (χ1) is 12.5. The minimum Gasteiger partial charge on any atom is -0.378 e. The first-order valence-electron chi connectivity index (χ1n) is 7.87. The molecule has 2 heterocycles. The van der Waals surface area contributed by atoms with Crippen LogP contribution in [0.5, 0.6) is 0 Å². The summed E-state index contributed by atoms with van der Waals surface area (Å²) in [5.74, 6) is -0.00703. The van der Waals surface area contributed by atoms with Crippen molar-refractivity contribution in [3.8, 4) is 0 Å². The van der Waals surface area contributed by atoms with E-state index in [1.807, 2.05) is 4.90 Å². The predicted molar refractivity (Wildman–Crippen MR) is 93.0 cm³/mol. The number of nitrogens with zero attached hydrogens (tertiary/aromatic N) is 4. The van der Waals surface area contributed by atoms with Crippen LogP contribution in [0.1, 0.15) is 17.0 Å². The Kier molecular flexibility index (Phi) is 4.94. The van der Waals surface area contributed by atoms with E-state index in [1.165, 1.54) is 25.1 Å². The number of nitro benzene ring substituents is 1. The van der Waals surface area contributed by atoms with Gasteiger partial charge < -0.3 is 14.2 Å². The van der Waals surface area contributed by atoms with E-state index in [9.17, 15) is 20.2 Å². The molecule has 0 bridgehead atoms. The Labute approximate surface area is 147 Å². The Morgan fingerprint density at radius 3 is 2.54 bits per heavy atom. The average molecular weight is 360 g/mol. The topological polar surface area (TPSA) is 125 Å². The first kappa shape index (κ1) is 17.5. The van der Waals surface area contributed by atoms with Gasteiger partial charge in [0.1, 0.15) is 5.69 Å². The van der Waals surface area contributed by atoms with Crippen molar-refractivity contribution in [2.24, 2.45) is 0 Å². The van der Waals surface area contributed by atoms with Crippen LogP contribution in [0.3, 0.4) is 0 Å². The average Bonchev–Trinajstić information content (AvgIpc) is 3.01. The number of aromatic nitrogens is 1. The molecule has 1 aliphatic rings. The summed E-state index contributed by atoms with van der Waals surface area (Å²) in [5, 5.41) is 26.1. The summed E-state index contributed by atoms with van der Waals surface area (Å²) in [6.45, 7) is 3.68. The number of aryl methyl sites for hydroxylation is 1. The summed E-state index contributed by atoms with van der Waals surface area (Å²) < 4.78 is 10.2. The fourth-order valence-electron chi connectivity index (χ4n) is 2.75. The van der Waals surface area contributed by atoms with Gasteiger partial charge in [0.25, 0.3) is 5.69 Å². The summed E-state index contributed by atoms with van der Waals surface area (Å²) >= 11 is 0. The third-order valence-electron chi connectivity index (χ3n) is 4.01. The standard InChI is InChI=1S/C16H16N4O6/c1-11-16(20(23)24)15(26-17-11)5-3-12-2-4-13(14(10-12)19(21)22)18-6-8-25-9-7-18/h2-5,10H,6-9H2,1H3/b5-3+. The number of ether oxygens (including phenoxy) is 1. The molecule has 10 nitrogen and oxygen atoms in total. The molecule has 0 unspecified atom stereocenters. The molecule has 1 fully saturated rings. The summed E-state index contributed by atoms with van der Waals surface area (Å²) in [7, 11) is 0. The van der Waals surface area contributed by atoms with E-state index in [-0.39, 0.29) is 22.8 Å². The lowest BCUT2D eigenvalue weighted by molar-refractivity contribution is -0.386. The number of morpholine rings is 1. The Bertz CT molecular complexity index is 870. The molecular weight excluding hydrogens is 344 g/mol. The Hall–Kier alpha value is -3.27. The number of hydrogen-bond donors (Lipinski definition) is 0. The van der Waals surface area contributed by atoms with Gasteiger partial charge in [-0.1, -0.05) is 17.3 Å². The first-order valence-corrected chi connectivity index (χ1v) is 7.87. The van der Waals surface area contributed by atoms with Gasteiger partial charge in [-0.05, 0) is 24.6 Å². The third kappa shape index (κ3) is 3.54. The van der Waals surface area contributed by atoms with Crippen LogP contribution in [0.15, 0.2) is 22.7 Å². The predicted octanol–water partition coefficient (Wildman–Crippen LogP) is 2.81. The molecule has 1 aliphatic heterocycles. The van der Waals surface area contributed by atoms with E-state index >= 15 is 0 Å². The molecule has 0 radical (unpaired) electrons.